The van der Waals surface area contributed by atoms with Gasteiger partial charge in [-0.05, 0) is 0 Å². The van der Waals surface area contributed by atoms with Gasteiger partial charge in [0.1, 0.15) is 0 Å². The molecule has 0 unspecified atom stereocenters. The number of hydrogen-bond acceptors (Lipinski definition) is 3. The fourth-order valence-corrected chi connectivity index (χ4v) is 0.510. The van der Waals surface area contributed by atoms with E-state index in [9.17, 15) is 0 Å². The quantitative estimate of drug-likeness (QED) is 0.414. The predicted octanol–water partition coefficient (Wildman–Crippen LogP) is 0.214. The highest BCUT2D eigenvalue weighted by atomic mass is 32.2. The molecule has 1 aliphatic rings. The maximum atomic E-state index is 2.85. The third-order valence-corrected chi connectivity index (χ3v) is 0.845. The van der Waals surface area contributed by atoms with Crippen LogP contribution < -0.4 is 9.44 Å². The Labute approximate surface area is 34.9 Å². The Hall–Kier alpha value is -0.310. The summed E-state index contributed by atoms with van der Waals surface area (Å²) in [5, 5.41) is 0. The molecule has 5 heavy (non-hydrogen) atoms. The minimum absolute atomic E-state index is 1.46. The summed E-state index contributed by atoms with van der Waals surface area (Å²) in [5.41, 5.74) is 0. The molecule has 0 spiro atoms. The number of nitrogens with one attached hydrogen (secondary N) is 2. The fourth-order valence-electron chi connectivity index (χ4n) is 0.170. The molecule has 0 bridgehead atoms. The van der Waals surface area contributed by atoms with Gasteiger partial charge in [-0.2, -0.15) is 0 Å². The summed E-state index contributed by atoms with van der Waals surface area (Å²) in [4.78, 5) is 0. The highest BCUT2D eigenvalue weighted by Crippen LogP contribution is 1.89. The lowest BCUT2D eigenvalue weighted by molar-refractivity contribution is 1.44. The topological polar surface area (TPSA) is 24.1 Å². The zero-order valence-electron chi connectivity index (χ0n) is 2.56. The van der Waals surface area contributed by atoms with E-state index in [1.54, 1.807) is 0 Å². The Morgan fingerprint density at radius 3 is 2.00 bits per heavy atom. The molecule has 0 aromatic carbocycles. The van der Waals surface area contributed by atoms with E-state index in [1.807, 2.05) is 12.4 Å². The van der Waals surface area contributed by atoms with Crippen LogP contribution >= 0.6 is 12.1 Å². The van der Waals surface area contributed by atoms with Crippen LogP contribution in [0.4, 0.5) is 0 Å². The molecule has 0 saturated heterocycles. The van der Waals surface area contributed by atoms with Crippen molar-refractivity contribution in [2.45, 2.75) is 0 Å². The fraction of sp³-hybridized carbons (Fsp3) is 0. The maximum absolute atomic E-state index is 2.85. The largest absolute Gasteiger partial charge is 0.318 e. The summed E-state index contributed by atoms with van der Waals surface area (Å²) in [6.07, 6.45) is 3.68. The molecular formula is C2H4N2S. The van der Waals surface area contributed by atoms with Gasteiger partial charge in [-0.15, -0.1) is 0 Å². The predicted molar refractivity (Wildman–Crippen MR) is 23.0 cm³/mol. The van der Waals surface area contributed by atoms with Crippen LogP contribution in [0, 0.1) is 0 Å². The minimum Gasteiger partial charge on any atom is -0.318 e. The first-order valence-electron chi connectivity index (χ1n) is 1.32. The van der Waals surface area contributed by atoms with Crippen LogP contribution in [0.5, 0.6) is 0 Å². The third kappa shape index (κ3) is 0.479. The van der Waals surface area contributed by atoms with Crippen molar-refractivity contribution in [2.75, 3.05) is 0 Å². The molecule has 28 valence electrons. The average molecular weight is 88.1 g/mol. The van der Waals surface area contributed by atoms with E-state index in [2.05, 4.69) is 9.44 Å². The van der Waals surface area contributed by atoms with E-state index >= 15 is 0 Å². The van der Waals surface area contributed by atoms with Gasteiger partial charge in [-0.3, -0.25) is 0 Å². The van der Waals surface area contributed by atoms with Crippen LogP contribution in [0.3, 0.4) is 0 Å². The standard InChI is InChI=1S/C2H4N2S/c1-2-4-5-3-1/h1-4H. The van der Waals surface area contributed by atoms with Crippen LogP contribution in [-0.2, 0) is 0 Å². The smallest absolute Gasteiger partial charge is 0.0646 e. The highest BCUT2D eigenvalue weighted by Gasteiger charge is 1.79. The summed E-state index contributed by atoms with van der Waals surface area (Å²) in [6.45, 7) is 0. The molecule has 0 radical (unpaired) electrons. The van der Waals surface area contributed by atoms with E-state index in [-0.39, 0.29) is 0 Å². The zero-order valence-corrected chi connectivity index (χ0v) is 3.38. The lowest BCUT2D eigenvalue weighted by Gasteiger charge is -1.79. The van der Waals surface area contributed by atoms with Gasteiger partial charge < -0.3 is 9.44 Å². The molecule has 1 aliphatic heterocycles. The highest BCUT2D eigenvalue weighted by molar-refractivity contribution is 7.95. The number of hydrogen-bond donors (Lipinski definition) is 2. The normalized spacial score (nSPS) is 17.6. The first kappa shape index (κ1) is 2.90. The van der Waals surface area contributed by atoms with Crippen LogP contribution in [0.1, 0.15) is 0 Å². The van der Waals surface area contributed by atoms with E-state index in [0.717, 1.165) is 0 Å². The van der Waals surface area contributed by atoms with Gasteiger partial charge in [-0.1, -0.05) is 0 Å². The van der Waals surface area contributed by atoms with E-state index in [0.29, 0.717) is 0 Å². The minimum atomic E-state index is 1.46. The Kier molecular flexibility index (Phi) is 0.705. The van der Waals surface area contributed by atoms with Crippen molar-refractivity contribution in [1.29, 1.82) is 0 Å². The lowest BCUT2D eigenvalue weighted by Crippen LogP contribution is -1.87. The lowest BCUT2D eigenvalue weighted by atomic mass is 11.0. The Bertz CT molecular complexity index is 45.6. The van der Waals surface area contributed by atoms with Crippen LogP contribution in [0.2, 0.25) is 0 Å². The van der Waals surface area contributed by atoms with Gasteiger partial charge in [0, 0.05) is 12.4 Å². The first-order valence-corrected chi connectivity index (χ1v) is 2.14. The Morgan fingerprint density at radius 1 is 1.20 bits per heavy atom. The van der Waals surface area contributed by atoms with Gasteiger partial charge in [0.05, 0.1) is 12.1 Å². The zero-order chi connectivity index (χ0) is 3.54. The summed E-state index contributed by atoms with van der Waals surface area (Å²) < 4.78 is 5.69. The van der Waals surface area contributed by atoms with E-state index in [1.165, 1.54) is 12.1 Å². The third-order valence-electron chi connectivity index (χ3n) is 0.337. The molecule has 1 heterocycles. The van der Waals surface area contributed by atoms with Crippen LogP contribution in [0.15, 0.2) is 12.4 Å². The van der Waals surface area contributed by atoms with Crippen LogP contribution in [0.25, 0.3) is 0 Å². The molecule has 0 aromatic heterocycles. The summed E-state index contributed by atoms with van der Waals surface area (Å²) >= 11 is 1.46. The van der Waals surface area contributed by atoms with E-state index < -0.39 is 0 Å². The van der Waals surface area contributed by atoms with E-state index in [4.69, 9.17) is 0 Å². The van der Waals surface area contributed by atoms with Gasteiger partial charge in [0.15, 0.2) is 0 Å². The molecule has 2 nitrogen and oxygen atoms in total. The number of rotatable bonds is 0. The molecule has 0 amide bonds. The Morgan fingerprint density at radius 2 is 1.80 bits per heavy atom. The van der Waals surface area contributed by atoms with Crippen molar-refractivity contribution < 1.29 is 0 Å². The van der Waals surface area contributed by atoms with Gasteiger partial charge >= 0.3 is 0 Å². The monoisotopic (exact) mass is 88.0 g/mol. The molecule has 0 fully saturated rings. The van der Waals surface area contributed by atoms with Gasteiger partial charge in [0.2, 0.25) is 0 Å². The summed E-state index contributed by atoms with van der Waals surface area (Å²) in [5.74, 6) is 0. The summed E-state index contributed by atoms with van der Waals surface area (Å²) in [7, 11) is 0. The molecule has 1 rings (SSSR count). The van der Waals surface area contributed by atoms with Crippen molar-refractivity contribution in [1.82, 2.24) is 9.44 Å². The van der Waals surface area contributed by atoms with Gasteiger partial charge in [-0.25, -0.2) is 0 Å². The second kappa shape index (κ2) is 1.21. The van der Waals surface area contributed by atoms with Crippen molar-refractivity contribution in [2.24, 2.45) is 0 Å². The van der Waals surface area contributed by atoms with Crippen molar-refractivity contribution in [3.63, 3.8) is 0 Å². The molecule has 3 heteroatoms. The van der Waals surface area contributed by atoms with Crippen LogP contribution in [-0.4, -0.2) is 0 Å². The SMILES string of the molecule is C1=CNSN1. The Balaban J connectivity index is 2.32. The maximum Gasteiger partial charge on any atom is 0.0646 e. The summed E-state index contributed by atoms with van der Waals surface area (Å²) in [6, 6.07) is 0. The van der Waals surface area contributed by atoms with Gasteiger partial charge in [0.25, 0.3) is 0 Å². The van der Waals surface area contributed by atoms with Crippen molar-refractivity contribution >= 4 is 12.1 Å². The molecule has 0 aromatic rings. The molecule has 0 aliphatic carbocycles. The van der Waals surface area contributed by atoms with Crippen molar-refractivity contribution in [3.8, 4) is 0 Å². The first-order chi connectivity index (χ1) is 2.50. The molecule has 0 saturated carbocycles. The molecule has 2 N–H and O–H groups in total. The second-order valence-electron chi connectivity index (χ2n) is 0.671. The average Bonchev–Trinajstić information content (AvgIpc) is 1.76. The van der Waals surface area contributed by atoms with Crippen molar-refractivity contribution in [3.05, 3.63) is 12.4 Å². The second-order valence-corrected chi connectivity index (χ2v) is 1.35. The molecular weight excluding hydrogens is 84.1 g/mol. The molecule has 0 atom stereocenters.